The van der Waals surface area contributed by atoms with Crippen LogP contribution in [-0.2, 0) is 16.1 Å². The lowest BCUT2D eigenvalue weighted by molar-refractivity contribution is -0.140. The molecule has 2 N–H and O–H groups in total. The maximum atomic E-state index is 12.0. The molecular formula is C15H18BrN3O3. The van der Waals surface area contributed by atoms with Gasteiger partial charge in [-0.1, -0.05) is 28.1 Å². The Labute approximate surface area is 137 Å². The van der Waals surface area contributed by atoms with Gasteiger partial charge in [0.05, 0.1) is 13.0 Å². The first-order valence-corrected chi connectivity index (χ1v) is 7.77. The Balaban J connectivity index is 2.18. The molecule has 118 valence electrons. The molecule has 0 aromatic heterocycles. The molecule has 7 heteroatoms. The van der Waals surface area contributed by atoms with Crippen LogP contribution in [0.4, 0.5) is 0 Å². The minimum absolute atomic E-state index is 0.0213. The molecule has 1 aromatic rings. The van der Waals surface area contributed by atoms with Crippen LogP contribution in [-0.4, -0.2) is 39.9 Å². The molecule has 6 nitrogen and oxygen atoms in total. The van der Waals surface area contributed by atoms with Crippen molar-refractivity contribution in [3.8, 4) is 0 Å². The van der Waals surface area contributed by atoms with Crippen molar-refractivity contribution in [1.29, 1.82) is 0 Å². The molecule has 1 amide bonds. The third-order valence-electron chi connectivity index (χ3n) is 3.37. The van der Waals surface area contributed by atoms with Crippen molar-refractivity contribution < 1.29 is 14.7 Å². The number of hydrogen-bond donors (Lipinski definition) is 2. The molecule has 0 saturated carbocycles. The second kappa shape index (κ2) is 6.91. The number of nitrogens with one attached hydrogen (secondary N) is 1. The molecule has 0 unspecified atom stereocenters. The molecule has 0 spiro atoms. The molecule has 1 heterocycles. The van der Waals surface area contributed by atoms with E-state index < -0.39 is 12.0 Å². The molecule has 0 radical (unpaired) electrons. The van der Waals surface area contributed by atoms with E-state index in [1.54, 1.807) is 4.90 Å². The highest BCUT2D eigenvalue weighted by molar-refractivity contribution is 9.10. The monoisotopic (exact) mass is 367 g/mol. The van der Waals surface area contributed by atoms with Crippen LogP contribution in [0.15, 0.2) is 33.7 Å². The quantitative estimate of drug-likeness (QED) is 0.833. The van der Waals surface area contributed by atoms with E-state index >= 15 is 0 Å². The fourth-order valence-corrected chi connectivity index (χ4v) is 2.63. The smallest absolute Gasteiger partial charge is 0.305 e. The maximum Gasteiger partial charge on any atom is 0.305 e. The number of hydrogen-bond acceptors (Lipinski definition) is 3. The summed E-state index contributed by atoms with van der Waals surface area (Å²) in [7, 11) is 0. The molecule has 1 atom stereocenters. The van der Waals surface area contributed by atoms with Crippen LogP contribution in [0.3, 0.4) is 0 Å². The average molecular weight is 368 g/mol. The summed E-state index contributed by atoms with van der Waals surface area (Å²) in [5.74, 6) is -0.875. The number of guanidine groups is 1. The van der Waals surface area contributed by atoms with Crippen LogP contribution in [0.25, 0.3) is 0 Å². The van der Waals surface area contributed by atoms with Gasteiger partial charge < -0.3 is 10.0 Å². The molecule has 1 saturated heterocycles. The number of carbonyl (C=O) groups excluding carboxylic acids is 1. The summed E-state index contributed by atoms with van der Waals surface area (Å²) in [6.45, 7) is 4.24. The first-order valence-electron chi connectivity index (χ1n) is 6.98. The zero-order chi connectivity index (χ0) is 16.3. The summed E-state index contributed by atoms with van der Waals surface area (Å²) in [6.07, 6.45) is -0.235. The number of amides is 1. The predicted molar refractivity (Wildman–Crippen MR) is 86.4 cm³/mol. The van der Waals surface area contributed by atoms with Gasteiger partial charge in [0, 0.05) is 10.5 Å². The molecule has 0 bridgehead atoms. The Kier molecular flexibility index (Phi) is 5.18. The first kappa shape index (κ1) is 16.5. The highest BCUT2D eigenvalue weighted by Gasteiger charge is 2.39. The Morgan fingerprint density at radius 3 is 2.59 bits per heavy atom. The van der Waals surface area contributed by atoms with E-state index in [1.807, 2.05) is 38.1 Å². The van der Waals surface area contributed by atoms with Crippen molar-refractivity contribution in [1.82, 2.24) is 10.2 Å². The summed E-state index contributed by atoms with van der Waals surface area (Å²) in [4.78, 5) is 29.1. The SMILES string of the molecule is CC(C)N1C(=NCc2ccc(Br)cc2)NC(=O)[C@@H]1CC(=O)O. The average Bonchev–Trinajstić information content (AvgIpc) is 2.74. The van der Waals surface area contributed by atoms with Crippen LogP contribution in [0.1, 0.15) is 25.8 Å². The number of rotatable bonds is 5. The minimum Gasteiger partial charge on any atom is -0.481 e. The second-order valence-electron chi connectivity index (χ2n) is 5.37. The van der Waals surface area contributed by atoms with Crippen molar-refractivity contribution in [3.05, 3.63) is 34.3 Å². The molecule has 1 aromatic carbocycles. The Morgan fingerprint density at radius 2 is 2.05 bits per heavy atom. The summed E-state index contributed by atoms with van der Waals surface area (Å²) in [5, 5.41) is 11.6. The van der Waals surface area contributed by atoms with Crippen molar-refractivity contribution in [3.63, 3.8) is 0 Å². The molecule has 0 aliphatic carbocycles. The van der Waals surface area contributed by atoms with Crippen LogP contribution >= 0.6 is 15.9 Å². The van der Waals surface area contributed by atoms with Crippen molar-refractivity contribution in [2.24, 2.45) is 4.99 Å². The van der Waals surface area contributed by atoms with E-state index in [2.05, 4.69) is 26.2 Å². The van der Waals surface area contributed by atoms with Gasteiger partial charge in [-0.3, -0.25) is 14.9 Å². The largest absolute Gasteiger partial charge is 0.481 e. The minimum atomic E-state index is -1.00. The summed E-state index contributed by atoms with van der Waals surface area (Å²) < 4.78 is 0.989. The number of carboxylic acids is 1. The van der Waals surface area contributed by atoms with E-state index in [0.29, 0.717) is 12.5 Å². The van der Waals surface area contributed by atoms with Gasteiger partial charge in [0.2, 0.25) is 11.9 Å². The van der Waals surface area contributed by atoms with Crippen molar-refractivity contribution >= 4 is 33.8 Å². The van der Waals surface area contributed by atoms with E-state index in [9.17, 15) is 9.59 Å². The van der Waals surface area contributed by atoms with Crippen LogP contribution in [0.5, 0.6) is 0 Å². The number of carboxylic acid groups (broad SMARTS) is 1. The Morgan fingerprint density at radius 1 is 1.41 bits per heavy atom. The van der Waals surface area contributed by atoms with Gasteiger partial charge in [0.1, 0.15) is 6.04 Å². The summed E-state index contributed by atoms with van der Waals surface area (Å²) >= 11 is 3.37. The van der Waals surface area contributed by atoms with Crippen molar-refractivity contribution in [2.75, 3.05) is 0 Å². The van der Waals surface area contributed by atoms with Gasteiger partial charge in [-0.15, -0.1) is 0 Å². The number of aliphatic imine (C=N–C) groups is 1. The highest BCUT2D eigenvalue weighted by Crippen LogP contribution is 2.17. The van der Waals surface area contributed by atoms with E-state index in [1.165, 1.54) is 0 Å². The van der Waals surface area contributed by atoms with Crippen LogP contribution < -0.4 is 5.32 Å². The van der Waals surface area contributed by atoms with Crippen LogP contribution in [0, 0.1) is 0 Å². The van der Waals surface area contributed by atoms with Gasteiger partial charge in [0.25, 0.3) is 0 Å². The van der Waals surface area contributed by atoms with E-state index in [0.717, 1.165) is 10.0 Å². The number of carbonyl (C=O) groups is 2. The van der Waals surface area contributed by atoms with Crippen LogP contribution in [0.2, 0.25) is 0 Å². The molecule has 1 aliphatic heterocycles. The Hall–Kier alpha value is -1.89. The normalized spacial score (nSPS) is 19.8. The third kappa shape index (κ3) is 3.85. The summed E-state index contributed by atoms with van der Waals surface area (Å²) in [6, 6.07) is 7.01. The molecular weight excluding hydrogens is 350 g/mol. The predicted octanol–water partition coefficient (Wildman–Crippen LogP) is 1.99. The van der Waals surface area contributed by atoms with Gasteiger partial charge in [-0.25, -0.2) is 4.99 Å². The van der Waals surface area contributed by atoms with Gasteiger partial charge >= 0.3 is 5.97 Å². The van der Waals surface area contributed by atoms with Gasteiger partial charge in [0.15, 0.2) is 0 Å². The fraction of sp³-hybridized carbons (Fsp3) is 0.400. The lowest BCUT2D eigenvalue weighted by atomic mass is 10.1. The fourth-order valence-electron chi connectivity index (χ4n) is 2.37. The molecule has 22 heavy (non-hydrogen) atoms. The van der Waals surface area contributed by atoms with Crippen molar-refractivity contribution in [2.45, 2.75) is 38.9 Å². The Bertz CT molecular complexity index is 599. The first-order chi connectivity index (χ1) is 10.4. The topological polar surface area (TPSA) is 82.0 Å². The number of nitrogens with zero attached hydrogens (tertiary/aromatic N) is 2. The van der Waals surface area contributed by atoms with Gasteiger partial charge in [-0.05, 0) is 31.5 Å². The lowest BCUT2D eigenvalue weighted by Crippen LogP contribution is -2.42. The highest BCUT2D eigenvalue weighted by atomic mass is 79.9. The van der Waals surface area contributed by atoms with E-state index in [-0.39, 0.29) is 18.4 Å². The number of benzene rings is 1. The third-order valence-corrected chi connectivity index (χ3v) is 3.90. The zero-order valence-corrected chi connectivity index (χ0v) is 14.0. The van der Waals surface area contributed by atoms with Gasteiger partial charge in [-0.2, -0.15) is 0 Å². The zero-order valence-electron chi connectivity index (χ0n) is 12.4. The second-order valence-corrected chi connectivity index (χ2v) is 6.29. The molecule has 1 fully saturated rings. The number of aliphatic carboxylic acids is 1. The van der Waals surface area contributed by atoms with E-state index in [4.69, 9.17) is 5.11 Å². The number of halogens is 1. The summed E-state index contributed by atoms with van der Waals surface area (Å²) in [5.41, 5.74) is 1.01. The molecule has 2 rings (SSSR count). The maximum absolute atomic E-state index is 12.0. The molecule has 1 aliphatic rings. The lowest BCUT2D eigenvalue weighted by Gasteiger charge is -2.27. The standard InChI is InChI=1S/C15H18BrN3O3/c1-9(2)19-12(7-13(20)21)14(22)18-15(19)17-8-10-3-5-11(16)6-4-10/h3-6,9,12H,7-8H2,1-2H3,(H,20,21)(H,17,18,22)/t12-/m0/s1.